The summed E-state index contributed by atoms with van der Waals surface area (Å²) in [5.74, 6) is 0.346. The van der Waals surface area contributed by atoms with Crippen LogP contribution >= 0.6 is 0 Å². The third kappa shape index (κ3) is 6.03. The quantitative estimate of drug-likeness (QED) is 0.673. The van der Waals surface area contributed by atoms with Crippen molar-refractivity contribution in [3.05, 3.63) is 0 Å². The van der Waals surface area contributed by atoms with Gasteiger partial charge in [0.2, 0.25) is 5.91 Å². The van der Waals surface area contributed by atoms with E-state index in [1.54, 1.807) is 0 Å². The Morgan fingerprint density at radius 1 is 1.41 bits per heavy atom. The molecule has 102 valence electrons. The highest BCUT2D eigenvalue weighted by Crippen LogP contribution is 2.10. The molecule has 0 aromatic heterocycles. The fraction of sp³-hybridized carbons (Fsp3) is 0.923. The zero-order valence-electron chi connectivity index (χ0n) is 12.2. The first-order valence-electron chi connectivity index (χ1n) is 6.47. The van der Waals surface area contributed by atoms with Gasteiger partial charge in [0.1, 0.15) is 5.54 Å². The van der Waals surface area contributed by atoms with Crippen molar-refractivity contribution in [2.24, 2.45) is 11.7 Å². The van der Waals surface area contributed by atoms with E-state index in [-0.39, 0.29) is 11.9 Å². The summed E-state index contributed by atoms with van der Waals surface area (Å²) >= 11 is 0. The molecule has 4 heteroatoms. The Bertz CT molecular complexity index is 243. The van der Waals surface area contributed by atoms with Gasteiger partial charge in [-0.2, -0.15) is 0 Å². The monoisotopic (exact) mass is 243 g/mol. The van der Waals surface area contributed by atoms with Crippen molar-refractivity contribution in [3.63, 3.8) is 0 Å². The number of hydrogen-bond acceptors (Lipinski definition) is 3. The average Bonchev–Trinajstić information content (AvgIpc) is 2.15. The molecular formula is C13H29N3O. The van der Waals surface area contributed by atoms with Crippen molar-refractivity contribution in [1.82, 2.24) is 10.2 Å². The molecular weight excluding hydrogens is 214 g/mol. The van der Waals surface area contributed by atoms with E-state index in [2.05, 4.69) is 24.1 Å². The number of nitrogens with two attached hydrogens (primary N) is 1. The molecule has 0 bridgehead atoms. The van der Waals surface area contributed by atoms with Gasteiger partial charge in [-0.05, 0) is 33.7 Å². The van der Waals surface area contributed by atoms with E-state index in [1.807, 2.05) is 27.8 Å². The number of hydrogen-bond donors (Lipinski definition) is 2. The molecule has 2 atom stereocenters. The molecule has 3 N–H and O–H groups in total. The number of likely N-dealkylation sites (N-methyl/N-ethyl adjacent to an activating group) is 1. The van der Waals surface area contributed by atoms with Gasteiger partial charge >= 0.3 is 0 Å². The summed E-state index contributed by atoms with van der Waals surface area (Å²) in [7, 11) is 2.04. The molecule has 0 aromatic carbocycles. The molecule has 0 radical (unpaired) electrons. The highest BCUT2D eigenvalue weighted by molar-refractivity contribution is 5.84. The first-order valence-corrected chi connectivity index (χ1v) is 6.47. The van der Waals surface area contributed by atoms with Gasteiger partial charge in [0.25, 0.3) is 0 Å². The number of primary amides is 1. The predicted molar refractivity (Wildman–Crippen MR) is 72.8 cm³/mol. The van der Waals surface area contributed by atoms with Crippen molar-refractivity contribution >= 4 is 5.91 Å². The van der Waals surface area contributed by atoms with E-state index in [4.69, 9.17) is 5.73 Å². The summed E-state index contributed by atoms with van der Waals surface area (Å²) in [6.45, 7) is 11.9. The second-order valence-corrected chi connectivity index (χ2v) is 5.71. The Morgan fingerprint density at radius 2 is 1.94 bits per heavy atom. The summed E-state index contributed by atoms with van der Waals surface area (Å²) in [5.41, 5.74) is 4.85. The minimum Gasteiger partial charge on any atom is -0.368 e. The van der Waals surface area contributed by atoms with Gasteiger partial charge in [0, 0.05) is 19.1 Å². The predicted octanol–water partition coefficient (Wildman–Crippen LogP) is 1.21. The Labute approximate surface area is 106 Å². The van der Waals surface area contributed by atoms with E-state index < -0.39 is 5.54 Å². The van der Waals surface area contributed by atoms with Crippen LogP contribution in [0.3, 0.4) is 0 Å². The average molecular weight is 243 g/mol. The molecule has 0 heterocycles. The second-order valence-electron chi connectivity index (χ2n) is 5.71. The topological polar surface area (TPSA) is 58.4 Å². The number of nitrogens with zero attached hydrogens (tertiary/aromatic N) is 1. The van der Waals surface area contributed by atoms with Crippen LogP contribution in [0.2, 0.25) is 0 Å². The Balaban J connectivity index is 4.49. The second kappa shape index (κ2) is 6.97. The van der Waals surface area contributed by atoms with Crippen LogP contribution in [0, 0.1) is 5.92 Å². The summed E-state index contributed by atoms with van der Waals surface area (Å²) < 4.78 is 0. The molecule has 0 aliphatic heterocycles. The molecule has 0 aliphatic rings. The smallest absolute Gasteiger partial charge is 0.238 e. The summed E-state index contributed by atoms with van der Waals surface area (Å²) in [6, 6.07) is 0.240. The minimum atomic E-state index is -0.656. The number of carbonyl (C=O) groups is 1. The number of carbonyl (C=O) groups excluding carboxylic acids is 1. The van der Waals surface area contributed by atoms with Crippen LogP contribution in [0.25, 0.3) is 0 Å². The SMILES string of the molecule is CCC(C)CN(C)CC(C)(NC(C)C)C(N)=O. The first-order chi connectivity index (χ1) is 7.71. The maximum atomic E-state index is 11.6. The lowest BCUT2D eigenvalue weighted by molar-refractivity contribution is -0.124. The van der Waals surface area contributed by atoms with E-state index in [0.717, 1.165) is 13.0 Å². The fourth-order valence-corrected chi connectivity index (χ4v) is 2.10. The molecule has 0 aromatic rings. The van der Waals surface area contributed by atoms with Crippen molar-refractivity contribution < 1.29 is 4.79 Å². The van der Waals surface area contributed by atoms with Crippen LogP contribution in [0.4, 0.5) is 0 Å². The van der Waals surface area contributed by atoms with E-state index >= 15 is 0 Å². The van der Waals surface area contributed by atoms with Crippen LogP contribution in [-0.2, 0) is 4.79 Å². The Morgan fingerprint density at radius 3 is 2.29 bits per heavy atom. The van der Waals surface area contributed by atoms with Gasteiger partial charge in [-0.15, -0.1) is 0 Å². The van der Waals surface area contributed by atoms with Gasteiger partial charge in [0.15, 0.2) is 0 Å². The lowest BCUT2D eigenvalue weighted by Crippen LogP contribution is -2.61. The van der Waals surface area contributed by atoms with Gasteiger partial charge < -0.3 is 16.0 Å². The zero-order chi connectivity index (χ0) is 13.6. The minimum absolute atomic E-state index is 0.240. The van der Waals surface area contributed by atoms with Gasteiger partial charge in [-0.25, -0.2) is 0 Å². The highest BCUT2D eigenvalue weighted by Gasteiger charge is 2.32. The van der Waals surface area contributed by atoms with Gasteiger partial charge in [-0.3, -0.25) is 4.79 Å². The number of amides is 1. The third-order valence-corrected chi connectivity index (χ3v) is 3.06. The molecule has 1 amide bonds. The standard InChI is InChI=1S/C13H29N3O/c1-7-11(4)8-16(6)9-13(5,12(14)17)15-10(2)3/h10-11,15H,7-9H2,1-6H3,(H2,14,17). The van der Waals surface area contributed by atoms with Crippen LogP contribution in [0.5, 0.6) is 0 Å². The summed E-state index contributed by atoms with van der Waals surface area (Å²) in [4.78, 5) is 13.8. The largest absolute Gasteiger partial charge is 0.368 e. The Kier molecular flexibility index (Phi) is 6.72. The maximum absolute atomic E-state index is 11.6. The van der Waals surface area contributed by atoms with Gasteiger partial charge in [-0.1, -0.05) is 20.3 Å². The van der Waals surface area contributed by atoms with Crippen LogP contribution in [-0.4, -0.2) is 42.5 Å². The molecule has 0 rings (SSSR count). The van der Waals surface area contributed by atoms with E-state index in [1.165, 1.54) is 0 Å². The lowest BCUT2D eigenvalue weighted by Gasteiger charge is -2.34. The summed E-state index contributed by atoms with van der Waals surface area (Å²) in [6.07, 6.45) is 1.15. The van der Waals surface area contributed by atoms with Crippen molar-refractivity contribution in [1.29, 1.82) is 0 Å². The molecule has 0 spiro atoms. The van der Waals surface area contributed by atoms with Crippen LogP contribution in [0.1, 0.15) is 41.0 Å². The fourth-order valence-electron chi connectivity index (χ4n) is 2.10. The highest BCUT2D eigenvalue weighted by atomic mass is 16.1. The molecule has 0 aliphatic carbocycles. The van der Waals surface area contributed by atoms with Crippen LogP contribution < -0.4 is 11.1 Å². The number of nitrogens with one attached hydrogen (secondary N) is 1. The van der Waals surface area contributed by atoms with Gasteiger partial charge in [0.05, 0.1) is 0 Å². The van der Waals surface area contributed by atoms with Crippen molar-refractivity contribution in [2.75, 3.05) is 20.1 Å². The molecule has 4 nitrogen and oxygen atoms in total. The van der Waals surface area contributed by atoms with E-state index in [9.17, 15) is 4.79 Å². The number of rotatable bonds is 8. The normalized spacial score (nSPS) is 17.2. The van der Waals surface area contributed by atoms with Crippen molar-refractivity contribution in [2.45, 2.75) is 52.6 Å². The molecule has 0 saturated carbocycles. The zero-order valence-corrected chi connectivity index (χ0v) is 12.2. The molecule has 2 unspecified atom stereocenters. The maximum Gasteiger partial charge on any atom is 0.238 e. The Hall–Kier alpha value is -0.610. The lowest BCUT2D eigenvalue weighted by atomic mass is 9.98. The molecule has 0 fully saturated rings. The molecule has 0 saturated heterocycles. The molecule has 17 heavy (non-hydrogen) atoms. The van der Waals surface area contributed by atoms with Crippen molar-refractivity contribution in [3.8, 4) is 0 Å². The van der Waals surface area contributed by atoms with Crippen LogP contribution in [0.15, 0.2) is 0 Å². The third-order valence-electron chi connectivity index (χ3n) is 3.06. The van der Waals surface area contributed by atoms with E-state index in [0.29, 0.717) is 12.5 Å². The first kappa shape index (κ1) is 16.4. The summed E-state index contributed by atoms with van der Waals surface area (Å²) in [5, 5.41) is 3.26.